The first-order valence-corrected chi connectivity index (χ1v) is 6.95. The number of carboxylic acids is 1. The van der Waals surface area contributed by atoms with Crippen LogP contribution in [0.25, 0.3) is 0 Å². The van der Waals surface area contributed by atoms with Gasteiger partial charge in [0, 0.05) is 25.4 Å². The van der Waals surface area contributed by atoms with Crippen LogP contribution in [0.5, 0.6) is 0 Å². The summed E-state index contributed by atoms with van der Waals surface area (Å²) in [5.41, 5.74) is -1.21. The zero-order valence-electron chi connectivity index (χ0n) is 12.6. The topological polar surface area (TPSA) is 71.3 Å². The molecule has 0 unspecified atom stereocenters. The summed E-state index contributed by atoms with van der Waals surface area (Å²) in [6.45, 7) is 7.83. The van der Waals surface area contributed by atoms with Crippen LogP contribution in [0, 0.1) is 11.8 Å². The Labute approximate surface area is 120 Å². The molecular formula is C15H24N2O3. The second-order valence-corrected chi connectivity index (χ2v) is 5.70. The number of hydrogen-bond donors (Lipinski definition) is 2. The lowest BCUT2D eigenvalue weighted by atomic mass is 9.76. The lowest BCUT2D eigenvalue weighted by molar-refractivity contribution is -0.152. The van der Waals surface area contributed by atoms with E-state index in [-0.39, 0.29) is 24.2 Å². The van der Waals surface area contributed by atoms with Gasteiger partial charge in [-0.05, 0) is 24.0 Å². The molecule has 0 saturated carbocycles. The summed E-state index contributed by atoms with van der Waals surface area (Å²) in [4.78, 5) is 23.7. The number of nitrogens with one attached hydrogen (secondary N) is 1. The molecule has 2 N–H and O–H groups in total. The molecular weight excluding hydrogens is 256 g/mol. The van der Waals surface area contributed by atoms with E-state index in [1.807, 2.05) is 56.8 Å². The zero-order valence-corrected chi connectivity index (χ0v) is 12.6. The van der Waals surface area contributed by atoms with Gasteiger partial charge in [-0.1, -0.05) is 27.7 Å². The average Bonchev–Trinajstić information content (AvgIpc) is 2.85. The first kappa shape index (κ1) is 16.3. The van der Waals surface area contributed by atoms with Crippen molar-refractivity contribution in [2.24, 2.45) is 11.8 Å². The van der Waals surface area contributed by atoms with E-state index < -0.39 is 11.5 Å². The number of rotatable bonds is 7. The highest BCUT2D eigenvalue weighted by Gasteiger charge is 2.45. The van der Waals surface area contributed by atoms with Gasteiger partial charge in [-0.3, -0.25) is 4.79 Å². The van der Waals surface area contributed by atoms with E-state index in [9.17, 15) is 14.7 Å². The number of carboxylic acid groups (broad SMARTS) is 1. The monoisotopic (exact) mass is 280 g/mol. The van der Waals surface area contributed by atoms with Gasteiger partial charge in [-0.2, -0.15) is 0 Å². The average molecular weight is 280 g/mol. The van der Waals surface area contributed by atoms with Crippen LogP contribution in [0.3, 0.4) is 0 Å². The summed E-state index contributed by atoms with van der Waals surface area (Å²) < 4.78 is 1.90. The summed E-state index contributed by atoms with van der Waals surface area (Å²) >= 11 is 0. The van der Waals surface area contributed by atoms with Gasteiger partial charge in [0.05, 0.1) is 0 Å². The summed E-state index contributed by atoms with van der Waals surface area (Å²) in [7, 11) is 0. The maximum atomic E-state index is 12.1. The second kappa shape index (κ2) is 6.59. The van der Waals surface area contributed by atoms with E-state index in [0.29, 0.717) is 6.54 Å². The van der Waals surface area contributed by atoms with Crippen molar-refractivity contribution in [3.8, 4) is 0 Å². The first-order valence-electron chi connectivity index (χ1n) is 6.95. The Hall–Kier alpha value is -1.78. The summed E-state index contributed by atoms with van der Waals surface area (Å²) in [5, 5.41) is 12.3. The van der Waals surface area contributed by atoms with Gasteiger partial charge < -0.3 is 15.0 Å². The smallest absolute Gasteiger partial charge is 0.329 e. The molecule has 0 bridgehead atoms. The first-order chi connectivity index (χ1) is 9.30. The molecule has 5 nitrogen and oxygen atoms in total. The normalized spacial score (nSPS) is 11.9. The fourth-order valence-electron chi connectivity index (χ4n) is 2.55. The van der Waals surface area contributed by atoms with Gasteiger partial charge in [0.25, 0.3) is 0 Å². The number of nitrogens with zero attached hydrogens (tertiary/aromatic N) is 1. The van der Waals surface area contributed by atoms with Crippen molar-refractivity contribution in [3.63, 3.8) is 0 Å². The van der Waals surface area contributed by atoms with Crippen molar-refractivity contribution in [2.75, 3.05) is 0 Å². The fraction of sp³-hybridized carbons (Fsp3) is 0.600. The molecule has 0 fully saturated rings. The van der Waals surface area contributed by atoms with E-state index in [2.05, 4.69) is 5.32 Å². The van der Waals surface area contributed by atoms with Crippen molar-refractivity contribution in [3.05, 3.63) is 24.5 Å². The van der Waals surface area contributed by atoms with Crippen LogP contribution in [0.2, 0.25) is 0 Å². The molecule has 20 heavy (non-hydrogen) atoms. The molecule has 1 amide bonds. The predicted octanol–water partition coefficient (Wildman–Crippen LogP) is 2.13. The Morgan fingerprint density at radius 3 is 2.05 bits per heavy atom. The summed E-state index contributed by atoms with van der Waals surface area (Å²) in [5.74, 6) is -1.58. The molecule has 0 aliphatic carbocycles. The minimum Gasteiger partial charge on any atom is -0.479 e. The molecule has 1 aromatic heterocycles. The third-order valence-electron chi connectivity index (χ3n) is 3.78. The SMILES string of the molecule is CC(C)C(NC(=O)CCn1cccc1)(C(=O)O)C(C)C. The van der Waals surface area contributed by atoms with Crippen LogP contribution in [0.4, 0.5) is 0 Å². The molecule has 5 heteroatoms. The highest BCUT2D eigenvalue weighted by molar-refractivity contribution is 5.87. The third-order valence-corrected chi connectivity index (χ3v) is 3.78. The van der Waals surface area contributed by atoms with Crippen LogP contribution < -0.4 is 5.32 Å². The third kappa shape index (κ3) is 3.40. The number of amides is 1. The Balaban J connectivity index is 2.74. The molecule has 0 aromatic carbocycles. The zero-order chi connectivity index (χ0) is 15.3. The molecule has 0 spiro atoms. The number of aliphatic carboxylic acids is 1. The standard InChI is InChI=1S/C15H24N2O3/c1-11(2)15(12(3)4,14(19)20)16-13(18)7-10-17-8-5-6-9-17/h5-6,8-9,11-12H,7,10H2,1-4H3,(H,16,18)(H,19,20). The molecule has 0 atom stereocenters. The number of carbonyl (C=O) groups is 2. The number of aromatic nitrogens is 1. The van der Waals surface area contributed by atoms with Crippen LogP contribution in [0.15, 0.2) is 24.5 Å². The number of carbonyl (C=O) groups excluding carboxylic acids is 1. The van der Waals surface area contributed by atoms with Crippen molar-refractivity contribution in [1.82, 2.24) is 9.88 Å². The summed E-state index contributed by atoms with van der Waals surface area (Å²) in [6.07, 6.45) is 4.02. The van der Waals surface area contributed by atoms with Gasteiger partial charge in [0.1, 0.15) is 5.54 Å². The molecule has 1 heterocycles. The van der Waals surface area contributed by atoms with Crippen molar-refractivity contribution < 1.29 is 14.7 Å². The van der Waals surface area contributed by atoms with E-state index in [1.54, 1.807) is 0 Å². The Kier molecular flexibility index (Phi) is 5.36. The predicted molar refractivity (Wildman–Crippen MR) is 77.2 cm³/mol. The highest BCUT2D eigenvalue weighted by Crippen LogP contribution is 2.27. The lowest BCUT2D eigenvalue weighted by Gasteiger charge is -2.38. The molecule has 0 saturated heterocycles. The molecule has 1 aromatic rings. The largest absolute Gasteiger partial charge is 0.479 e. The molecule has 0 aliphatic rings. The molecule has 112 valence electrons. The number of aryl methyl sites for hydroxylation is 1. The Morgan fingerprint density at radius 1 is 1.15 bits per heavy atom. The molecule has 0 aliphatic heterocycles. The minimum absolute atomic E-state index is 0.185. The highest BCUT2D eigenvalue weighted by atomic mass is 16.4. The summed E-state index contributed by atoms with van der Waals surface area (Å²) in [6, 6.07) is 3.78. The maximum absolute atomic E-state index is 12.1. The van der Waals surface area contributed by atoms with Gasteiger partial charge in [0.15, 0.2) is 0 Å². The molecule has 0 radical (unpaired) electrons. The van der Waals surface area contributed by atoms with Gasteiger partial charge >= 0.3 is 5.97 Å². The number of hydrogen-bond acceptors (Lipinski definition) is 2. The fourth-order valence-corrected chi connectivity index (χ4v) is 2.55. The Bertz CT molecular complexity index is 442. The van der Waals surface area contributed by atoms with E-state index in [1.165, 1.54) is 0 Å². The van der Waals surface area contributed by atoms with Gasteiger partial charge in [0.2, 0.25) is 5.91 Å². The van der Waals surface area contributed by atoms with Crippen LogP contribution in [0.1, 0.15) is 34.1 Å². The molecule has 1 rings (SSSR count). The van der Waals surface area contributed by atoms with Crippen molar-refractivity contribution in [2.45, 2.75) is 46.2 Å². The minimum atomic E-state index is -1.21. The Morgan fingerprint density at radius 2 is 1.65 bits per heavy atom. The van der Waals surface area contributed by atoms with E-state index in [4.69, 9.17) is 0 Å². The second-order valence-electron chi connectivity index (χ2n) is 5.70. The van der Waals surface area contributed by atoms with Gasteiger partial charge in [-0.25, -0.2) is 4.79 Å². The van der Waals surface area contributed by atoms with E-state index in [0.717, 1.165) is 0 Å². The maximum Gasteiger partial charge on any atom is 0.329 e. The van der Waals surface area contributed by atoms with Crippen LogP contribution >= 0.6 is 0 Å². The van der Waals surface area contributed by atoms with Crippen molar-refractivity contribution in [1.29, 1.82) is 0 Å². The van der Waals surface area contributed by atoms with Crippen molar-refractivity contribution >= 4 is 11.9 Å². The lowest BCUT2D eigenvalue weighted by Crippen LogP contribution is -2.61. The van der Waals surface area contributed by atoms with Crippen LogP contribution in [-0.2, 0) is 16.1 Å². The quantitative estimate of drug-likeness (QED) is 0.803. The van der Waals surface area contributed by atoms with Gasteiger partial charge in [-0.15, -0.1) is 0 Å². The van der Waals surface area contributed by atoms with E-state index >= 15 is 0 Å². The van der Waals surface area contributed by atoms with Crippen LogP contribution in [-0.4, -0.2) is 27.1 Å².